The van der Waals surface area contributed by atoms with Crippen molar-refractivity contribution in [3.05, 3.63) is 92.0 Å². The molecule has 0 aromatic heterocycles. The minimum atomic E-state index is -1.02. The molecule has 0 bridgehead atoms. The molecule has 4 aliphatic carbocycles. The van der Waals surface area contributed by atoms with E-state index in [1.165, 1.54) is 0 Å². The fourth-order valence-electron chi connectivity index (χ4n) is 6.41. The van der Waals surface area contributed by atoms with Gasteiger partial charge in [-0.2, -0.15) is 0 Å². The summed E-state index contributed by atoms with van der Waals surface area (Å²) in [5, 5.41) is 42.2. The third kappa shape index (κ3) is 5.70. The van der Waals surface area contributed by atoms with Gasteiger partial charge in [0.15, 0.2) is 0 Å². The van der Waals surface area contributed by atoms with Crippen molar-refractivity contribution in [1.82, 2.24) is 0 Å². The van der Waals surface area contributed by atoms with Gasteiger partial charge in [0.2, 0.25) is 0 Å². The van der Waals surface area contributed by atoms with Gasteiger partial charge in [-0.1, -0.05) is 47.5 Å². The Morgan fingerprint density at radius 2 is 1.88 bits per heavy atom. The number of carboxylic acids is 1. The lowest BCUT2D eigenvalue weighted by Gasteiger charge is -2.45. The van der Waals surface area contributed by atoms with Gasteiger partial charge in [-0.3, -0.25) is 0 Å². The molecule has 6 nitrogen and oxygen atoms in total. The molecule has 2 atom stereocenters. The van der Waals surface area contributed by atoms with Crippen molar-refractivity contribution < 1.29 is 24.9 Å². The first kappa shape index (κ1) is 29.2. The van der Waals surface area contributed by atoms with E-state index >= 15 is 0 Å². The van der Waals surface area contributed by atoms with E-state index < -0.39 is 23.6 Å². The fraction of sp³-hybridized carbons (Fsp3) is 0.412. The maximum atomic E-state index is 11.7. The predicted octanol–water partition coefficient (Wildman–Crippen LogP) is 7.44. The summed E-state index contributed by atoms with van der Waals surface area (Å²) in [5.74, 6) is -0.712. The molecule has 4 aliphatic rings. The van der Waals surface area contributed by atoms with Crippen LogP contribution in [-0.2, 0) is 5.60 Å². The second kappa shape index (κ2) is 11.3. The monoisotopic (exact) mass is 607 g/mol. The lowest BCUT2D eigenvalue weighted by Crippen LogP contribution is -2.40. The highest BCUT2D eigenvalue weighted by Crippen LogP contribution is 2.54. The summed E-state index contributed by atoms with van der Waals surface area (Å²) in [4.78, 5) is 11.5. The van der Waals surface area contributed by atoms with Crippen molar-refractivity contribution in [2.75, 3.05) is 6.61 Å². The largest absolute Gasteiger partial charge is 0.493 e. The number of halogens is 2. The van der Waals surface area contributed by atoms with Crippen LogP contribution in [0.3, 0.4) is 0 Å². The average molecular weight is 609 g/mol. The van der Waals surface area contributed by atoms with Crippen molar-refractivity contribution in [1.29, 1.82) is 5.41 Å². The summed E-state index contributed by atoms with van der Waals surface area (Å²) in [6.45, 7) is 2.08. The van der Waals surface area contributed by atoms with Crippen molar-refractivity contribution in [3.63, 3.8) is 0 Å². The molecule has 8 heteroatoms. The number of aliphatic hydroxyl groups excluding tert-OH is 1. The first-order valence-electron chi connectivity index (χ1n) is 14.6. The van der Waals surface area contributed by atoms with Crippen LogP contribution in [0.25, 0.3) is 5.57 Å². The second-order valence-corrected chi connectivity index (χ2v) is 13.0. The maximum absolute atomic E-state index is 11.7. The smallest absolute Gasteiger partial charge is 0.335 e. The summed E-state index contributed by atoms with van der Waals surface area (Å²) in [6.07, 6.45) is 8.33. The third-order valence-electron chi connectivity index (χ3n) is 9.17. The number of hydrogen-bond acceptors (Lipinski definition) is 5. The second-order valence-electron chi connectivity index (χ2n) is 12.2. The normalized spacial score (nSPS) is 24.7. The van der Waals surface area contributed by atoms with Gasteiger partial charge in [0.25, 0.3) is 0 Å². The molecule has 2 unspecified atom stereocenters. The Morgan fingerprint density at radius 1 is 1.14 bits per heavy atom. The Morgan fingerprint density at radius 3 is 2.52 bits per heavy atom. The van der Waals surface area contributed by atoms with Crippen LogP contribution in [0, 0.1) is 24.2 Å². The van der Waals surface area contributed by atoms with Gasteiger partial charge in [0.1, 0.15) is 5.75 Å². The lowest BCUT2D eigenvalue weighted by atomic mass is 9.63. The number of allylic oxidation sites excluding steroid dienone is 6. The number of aromatic carboxylic acids is 1. The molecule has 0 radical (unpaired) electrons. The molecule has 0 saturated heterocycles. The molecule has 0 spiro atoms. The average Bonchev–Trinajstić information content (AvgIpc) is 3.85. The summed E-state index contributed by atoms with van der Waals surface area (Å²) < 4.78 is 6.24. The van der Waals surface area contributed by atoms with Crippen molar-refractivity contribution >= 4 is 40.5 Å². The highest BCUT2D eigenvalue weighted by Gasteiger charge is 2.47. The van der Waals surface area contributed by atoms with Crippen LogP contribution >= 0.6 is 23.2 Å². The standard InChI is InChI=1S/C34H35Cl2NO5/c1-18-5-6-21(33(39)40)13-24(18)22-15-34(41,16-22)27-12-11-23(14-25(27)19-7-8-19)42-17-26(32(38)20-9-10-20)31(37)30-28(35)3-2-4-29(30)36/h3,5-7,11-14,20,22,26,32,37-38,41H,2,4,8-10,15-17H2,1H3,(H,39,40). The summed E-state index contributed by atoms with van der Waals surface area (Å²) in [5.41, 5.74) is 4.89. The summed E-state index contributed by atoms with van der Waals surface area (Å²) in [6, 6.07) is 10.9. The first-order valence-corrected chi connectivity index (χ1v) is 15.4. The minimum Gasteiger partial charge on any atom is -0.493 e. The topological polar surface area (TPSA) is 111 Å². The van der Waals surface area contributed by atoms with E-state index in [4.69, 9.17) is 33.3 Å². The molecular weight excluding hydrogens is 573 g/mol. The Bertz CT molecular complexity index is 1550. The SMILES string of the molecule is Cc1ccc(C(=O)O)cc1C1CC(O)(c2ccc(OCC(C(=N)C3=C(Cl)CCC=C3Cl)C(O)C3CC3)cc2C2=CC2)C1. The molecule has 0 heterocycles. The quantitative estimate of drug-likeness (QED) is 0.198. The molecule has 220 valence electrons. The predicted molar refractivity (Wildman–Crippen MR) is 165 cm³/mol. The minimum absolute atomic E-state index is 0.0729. The first-order chi connectivity index (χ1) is 20.1. The van der Waals surface area contributed by atoms with Crippen molar-refractivity contribution in [2.24, 2.45) is 11.8 Å². The van der Waals surface area contributed by atoms with Crippen LogP contribution in [0.15, 0.2) is 64.2 Å². The van der Waals surface area contributed by atoms with Crippen molar-refractivity contribution in [2.45, 2.75) is 69.5 Å². The summed E-state index contributed by atoms with van der Waals surface area (Å²) in [7, 11) is 0. The number of ether oxygens (including phenoxy) is 1. The zero-order valence-corrected chi connectivity index (χ0v) is 25.0. The molecule has 2 aromatic carbocycles. The fourth-order valence-corrected chi connectivity index (χ4v) is 7.10. The third-order valence-corrected chi connectivity index (χ3v) is 9.89. The molecule has 2 fully saturated rings. The highest BCUT2D eigenvalue weighted by atomic mass is 35.5. The van der Waals surface area contributed by atoms with E-state index in [2.05, 4.69) is 6.08 Å². The molecule has 2 saturated carbocycles. The van der Waals surface area contributed by atoms with E-state index in [1.807, 2.05) is 37.3 Å². The van der Waals surface area contributed by atoms with Gasteiger partial charge in [-0.15, -0.1) is 0 Å². The molecule has 4 N–H and O–H groups in total. The Labute approximate surface area is 255 Å². The number of aliphatic hydroxyl groups is 2. The molecule has 0 aliphatic heterocycles. The van der Waals surface area contributed by atoms with Gasteiger partial charge in [-0.25, -0.2) is 4.79 Å². The Hall–Kier alpha value is -2.90. The number of rotatable bonds is 11. The Balaban J connectivity index is 1.20. The highest BCUT2D eigenvalue weighted by molar-refractivity contribution is 6.40. The summed E-state index contributed by atoms with van der Waals surface area (Å²) >= 11 is 12.9. The van der Waals surface area contributed by atoms with Crippen LogP contribution in [0.1, 0.15) is 83.5 Å². The number of benzene rings is 2. The van der Waals surface area contributed by atoms with Crippen LogP contribution in [0.2, 0.25) is 0 Å². The van der Waals surface area contributed by atoms with E-state index in [1.54, 1.807) is 12.1 Å². The number of carboxylic acid groups (broad SMARTS) is 1. The Kier molecular flexibility index (Phi) is 7.86. The zero-order valence-electron chi connectivity index (χ0n) is 23.5. The molecule has 6 rings (SSSR count). The lowest BCUT2D eigenvalue weighted by molar-refractivity contribution is -0.0553. The molecule has 42 heavy (non-hydrogen) atoms. The number of aryl methyl sites for hydroxylation is 1. The van der Waals surface area contributed by atoms with Gasteiger partial charge in [-0.05, 0) is 116 Å². The van der Waals surface area contributed by atoms with Crippen molar-refractivity contribution in [3.8, 4) is 5.75 Å². The van der Waals surface area contributed by atoms with Crippen LogP contribution in [0.4, 0.5) is 0 Å². The van der Waals surface area contributed by atoms with Gasteiger partial charge < -0.3 is 25.5 Å². The van der Waals surface area contributed by atoms with Crippen LogP contribution in [-0.4, -0.2) is 39.7 Å². The number of carbonyl (C=O) groups is 1. The van der Waals surface area contributed by atoms with E-state index in [9.17, 15) is 20.1 Å². The molecular formula is C34H35Cl2NO5. The zero-order chi connectivity index (χ0) is 29.8. The number of hydrogen-bond donors (Lipinski definition) is 4. The van der Waals surface area contributed by atoms with Gasteiger partial charge in [0.05, 0.1) is 35.5 Å². The van der Waals surface area contributed by atoms with Crippen LogP contribution in [0.5, 0.6) is 5.75 Å². The van der Waals surface area contributed by atoms with Gasteiger partial charge in [0, 0.05) is 15.6 Å². The molecule has 2 aromatic rings. The molecule has 0 amide bonds. The van der Waals surface area contributed by atoms with Crippen LogP contribution < -0.4 is 4.74 Å². The maximum Gasteiger partial charge on any atom is 0.335 e. The van der Waals surface area contributed by atoms with E-state index in [-0.39, 0.29) is 29.7 Å². The number of nitrogens with one attached hydrogen (secondary N) is 1. The van der Waals surface area contributed by atoms with E-state index in [0.717, 1.165) is 53.5 Å². The van der Waals surface area contributed by atoms with E-state index in [0.29, 0.717) is 40.6 Å². The van der Waals surface area contributed by atoms with Gasteiger partial charge >= 0.3 is 5.97 Å².